The molecule has 2 aliphatic heterocycles. The minimum atomic E-state index is -4.59. The largest absolute Gasteiger partial charge is 0.416 e. The lowest BCUT2D eigenvalue weighted by molar-refractivity contribution is -0.137. The fraction of sp³-hybridized carbons (Fsp3) is 0.226. The fourth-order valence-corrected chi connectivity index (χ4v) is 5.68. The first-order valence-electron chi connectivity index (χ1n) is 13.2. The topological polar surface area (TPSA) is 73.3 Å². The van der Waals surface area contributed by atoms with E-state index in [1.807, 2.05) is 12.1 Å². The van der Waals surface area contributed by atoms with Crippen LogP contribution in [0, 0.1) is 0 Å². The molecule has 3 aromatic rings. The lowest BCUT2D eigenvalue weighted by atomic mass is 10.1. The zero-order valence-electron chi connectivity index (χ0n) is 22.7. The maximum Gasteiger partial charge on any atom is 0.416 e. The molecule has 0 saturated carbocycles. The van der Waals surface area contributed by atoms with Gasteiger partial charge in [0.1, 0.15) is 5.70 Å². The second kappa shape index (κ2) is 12.2. The van der Waals surface area contributed by atoms with E-state index >= 15 is 0 Å². The Morgan fingerprint density at radius 3 is 2.17 bits per heavy atom. The molecule has 0 aliphatic carbocycles. The highest BCUT2D eigenvalue weighted by Crippen LogP contribution is 2.35. The van der Waals surface area contributed by atoms with Gasteiger partial charge in [0.2, 0.25) is 5.91 Å². The van der Waals surface area contributed by atoms with Crippen LogP contribution in [0.5, 0.6) is 0 Å². The summed E-state index contributed by atoms with van der Waals surface area (Å²) in [5.41, 5.74) is 0.946. The minimum absolute atomic E-state index is 0.00241. The lowest BCUT2D eigenvalue weighted by Crippen LogP contribution is -2.49. The highest BCUT2D eigenvalue weighted by atomic mass is 32.2. The normalized spacial score (nSPS) is 16.7. The van der Waals surface area contributed by atoms with Crippen molar-refractivity contribution in [2.45, 2.75) is 13.1 Å². The number of Topliss-reactive ketones (excluding diaryl/α,β-unsaturated/α-hetero) is 1. The highest BCUT2D eigenvalue weighted by Gasteiger charge is 2.36. The first-order chi connectivity index (χ1) is 20.1. The van der Waals surface area contributed by atoms with Crippen molar-refractivity contribution >= 4 is 52.0 Å². The molecule has 42 heavy (non-hydrogen) atoms. The summed E-state index contributed by atoms with van der Waals surface area (Å²) in [4.78, 5) is 47.6. The molecular weight excluding hydrogens is 565 g/mol. The van der Waals surface area contributed by atoms with Gasteiger partial charge in [-0.25, -0.2) is 4.99 Å². The van der Waals surface area contributed by atoms with Crippen molar-refractivity contribution in [1.29, 1.82) is 0 Å². The summed E-state index contributed by atoms with van der Waals surface area (Å²) in [6.07, 6.45) is -3.46. The molecule has 2 heterocycles. The van der Waals surface area contributed by atoms with Crippen LogP contribution in [0.25, 0.3) is 6.08 Å². The molecule has 7 nitrogen and oxygen atoms in total. The number of hydrogen-bond donors (Lipinski definition) is 0. The number of thioether (sulfide) groups is 1. The quantitative estimate of drug-likeness (QED) is 0.270. The summed E-state index contributed by atoms with van der Waals surface area (Å²) in [6.45, 7) is 3.77. The van der Waals surface area contributed by atoms with Crippen molar-refractivity contribution in [3.05, 3.63) is 101 Å². The number of rotatable bonds is 6. The summed E-state index contributed by atoms with van der Waals surface area (Å²) in [6, 6.07) is 21.0. The maximum absolute atomic E-state index is 13.6. The third kappa shape index (κ3) is 6.41. The van der Waals surface area contributed by atoms with Gasteiger partial charge in [0.05, 0.1) is 17.0 Å². The Morgan fingerprint density at radius 1 is 0.881 bits per heavy atom. The smallest absolute Gasteiger partial charge is 0.368 e. The van der Waals surface area contributed by atoms with Crippen LogP contribution < -0.4 is 9.80 Å². The first-order valence-corrected chi connectivity index (χ1v) is 14.2. The van der Waals surface area contributed by atoms with Crippen LogP contribution in [0.4, 0.5) is 24.5 Å². The fourth-order valence-electron chi connectivity index (χ4n) is 4.76. The highest BCUT2D eigenvalue weighted by molar-refractivity contribution is 8.14. The monoisotopic (exact) mass is 592 g/mol. The summed E-state index contributed by atoms with van der Waals surface area (Å²) < 4.78 is 40.7. The Kier molecular flexibility index (Phi) is 8.49. The average molecular weight is 593 g/mol. The van der Waals surface area contributed by atoms with Gasteiger partial charge in [-0.1, -0.05) is 48.2 Å². The van der Waals surface area contributed by atoms with Gasteiger partial charge in [-0.05, 0) is 61.0 Å². The van der Waals surface area contributed by atoms with E-state index in [1.54, 1.807) is 47.4 Å². The second-order valence-corrected chi connectivity index (χ2v) is 10.7. The van der Waals surface area contributed by atoms with E-state index in [9.17, 15) is 27.6 Å². The Hall–Kier alpha value is -4.38. The van der Waals surface area contributed by atoms with E-state index in [4.69, 9.17) is 0 Å². The molecule has 2 amide bonds. The van der Waals surface area contributed by atoms with E-state index in [-0.39, 0.29) is 33.9 Å². The maximum atomic E-state index is 13.6. The van der Waals surface area contributed by atoms with Crippen molar-refractivity contribution in [3.63, 3.8) is 0 Å². The molecule has 2 aliphatic rings. The van der Waals surface area contributed by atoms with E-state index in [0.717, 1.165) is 29.6 Å². The van der Waals surface area contributed by atoms with E-state index in [1.165, 1.54) is 30.0 Å². The number of aliphatic imine (C=N–C) groups is 1. The van der Waals surface area contributed by atoms with Crippen LogP contribution in [0.2, 0.25) is 0 Å². The number of anilines is 2. The zero-order chi connectivity index (χ0) is 29.9. The summed E-state index contributed by atoms with van der Waals surface area (Å²) in [7, 11) is 0. The number of carbonyl (C=O) groups excluding carboxylic acids is 3. The molecule has 11 heteroatoms. The van der Waals surface area contributed by atoms with Crippen molar-refractivity contribution in [3.8, 4) is 0 Å². The number of nitrogens with zero attached hydrogens (tertiary/aromatic N) is 4. The lowest BCUT2D eigenvalue weighted by Gasteiger charge is -2.36. The average Bonchev–Trinajstić information content (AvgIpc) is 3.30. The van der Waals surface area contributed by atoms with E-state index in [0.29, 0.717) is 37.4 Å². The first kappa shape index (κ1) is 29.1. The van der Waals surface area contributed by atoms with Crippen LogP contribution in [-0.2, 0) is 15.8 Å². The molecule has 216 valence electrons. The Balaban J connectivity index is 1.29. The predicted molar refractivity (Wildman–Crippen MR) is 158 cm³/mol. The molecule has 5 rings (SSSR count). The number of benzene rings is 3. The number of halogens is 3. The van der Waals surface area contributed by atoms with Gasteiger partial charge >= 0.3 is 6.18 Å². The summed E-state index contributed by atoms with van der Waals surface area (Å²) in [5, 5.41) is 0.222. The van der Waals surface area contributed by atoms with Crippen molar-refractivity contribution in [1.82, 2.24) is 4.90 Å². The third-order valence-corrected chi connectivity index (χ3v) is 7.92. The van der Waals surface area contributed by atoms with Crippen molar-refractivity contribution in [2.75, 3.05) is 41.7 Å². The Labute approximate surface area is 245 Å². The number of piperazine rings is 1. The van der Waals surface area contributed by atoms with Gasteiger partial charge in [0.25, 0.3) is 5.91 Å². The van der Waals surface area contributed by atoms with Crippen molar-refractivity contribution < 1.29 is 27.6 Å². The van der Waals surface area contributed by atoms with Crippen LogP contribution in [0.15, 0.2) is 89.6 Å². The number of hydrogen-bond acceptors (Lipinski definition) is 6. The molecule has 3 aromatic carbocycles. The molecule has 1 saturated heterocycles. The predicted octanol–water partition coefficient (Wildman–Crippen LogP) is 5.73. The summed E-state index contributed by atoms with van der Waals surface area (Å²) >= 11 is 1.07. The number of carbonyl (C=O) groups is 3. The number of amides is 2. The standard InChI is InChI=1S/C31H27F3N4O3S/c1-21(39)22-11-13-24(14-12-22)36-15-17-37(18-16-36)28(40)20-42-30-35-27(29(41)38(30)25-8-3-2-4-9-25)19-23-7-5-6-10-26(23)31(32,33)34/h2-14,19H,15-18,20H2,1H3. The SMILES string of the molecule is CC(=O)c1ccc(N2CCN(C(=O)CSC3=NC(=Cc4ccccc4C(F)(F)F)C(=O)N3c3ccccc3)CC2)cc1. The van der Waals surface area contributed by atoms with Gasteiger partial charge in [0, 0.05) is 37.4 Å². The summed E-state index contributed by atoms with van der Waals surface area (Å²) in [5.74, 6) is -0.690. The van der Waals surface area contributed by atoms with Crippen molar-refractivity contribution in [2.24, 2.45) is 4.99 Å². The van der Waals surface area contributed by atoms with Crippen LogP contribution in [0.3, 0.4) is 0 Å². The van der Waals surface area contributed by atoms with Gasteiger partial charge in [0.15, 0.2) is 11.0 Å². The number of amidine groups is 1. The molecule has 0 aromatic heterocycles. The zero-order valence-corrected chi connectivity index (χ0v) is 23.5. The van der Waals surface area contributed by atoms with E-state index in [2.05, 4.69) is 9.89 Å². The minimum Gasteiger partial charge on any atom is -0.368 e. The molecule has 1 fully saturated rings. The second-order valence-electron chi connectivity index (χ2n) is 9.74. The van der Waals surface area contributed by atoms with Gasteiger partial charge in [-0.3, -0.25) is 19.3 Å². The molecule has 0 N–H and O–H groups in total. The molecule has 0 atom stereocenters. The van der Waals surface area contributed by atoms with Gasteiger partial charge in [-0.2, -0.15) is 13.2 Å². The molecular formula is C31H27F3N4O3S. The third-order valence-electron chi connectivity index (χ3n) is 7.00. The van der Waals surface area contributed by atoms with Gasteiger partial charge in [-0.15, -0.1) is 0 Å². The number of alkyl halides is 3. The Bertz CT molecular complexity index is 1550. The molecule has 0 spiro atoms. The number of ketones is 1. The Morgan fingerprint density at radius 2 is 1.52 bits per heavy atom. The number of para-hydroxylation sites is 1. The molecule has 0 radical (unpaired) electrons. The van der Waals surface area contributed by atoms with Crippen LogP contribution in [0.1, 0.15) is 28.4 Å². The van der Waals surface area contributed by atoms with Crippen LogP contribution >= 0.6 is 11.8 Å². The molecule has 0 bridgehead atoms. The van der Waals surface area contributed by atoms with E-state index < -0.39 is 17.6 Å². The molecule has 0 unspecified atom stereocenters. The van der Waals surface area contributed by atoms with Gasteiger partial charge < -0.3 is 9.80 Å². The van der Waals surface area contributed by atoms with Crippen LogP contribution in [-0.4, -0.2) is 59.6 Å².